The second kappa shape index (κ2) is 12.7. The Morgan fingerprint density at radius 3 is 2.54 bits per heavy atom. The molecule has 9 nitrogen and oxygen atoms in total. The summed E-state index contributed by atoms with van der Waals surface area (Å²) in [6, 6.07) is 12.6. The number of fused-ring (bicyclic) bond motifs is 1. The highest BCUT2D eigenvalue weighted by molar-refractivity contribution is 8.00. The number of thiophene rings is 1. The lowest BCUT2D eigenvalue weighted by Crippen LogP contribution is -2.39. The van der Waals surface area contributed by atoms with Crippen molar-refractivity contribution in [2.24, 2.45) is 0 Å². The minimum Gasteiger partial charge on any atom is -0.465 e. The van der Waals surface area contributed by atoms with Crippen LogP contribution in [0.5, 0.6) is 0 Å². The summed E-state index contributed by atoms with van der Waals surface area (Å²) in [5, 5.41) is 5.85. The van der Waals surface area contributed by atoms with Crippen molar-refractivity contribution in [2.75, 3.05) is 30.0 Å². The highest BCUT2D eigenvalue weighted by Gasteiger charge is 2.32. The Morgan fingerprint density at radius 1 is 1.07 bits per heavy atom. The van der Waals surface area contributed by atoms with Gasteiger partial charge in [0.2, 0.25) is 5.91 Å². The highest BCUT2D eigenvalue weighted by atomic mass is 32.2. The Balaban J connectivity index is 1.41. The van der Waals surface area contributed by atoms with Gasteiger partial charge in [0.25, 0.3) is 5.91 Å². The number of anilines is 2. The van der Waals surface area contributed by atoms with Crippen LogP contribution in [0.3, 0.4) is 0 Å². The Kier molecular flexibility index (Phi) is 9.34. The number of halogens is 1. The van der Waals surface area contributed by atoms with Crippen molar-refractivity contribution in [1.82, 2.24) is 4.90 Å². The van der Waals surface area contributed by atoms with Gasteiger partial charge < -0.3 is 25.0 Å². The molecule has 3 aromatic rings. The molecule has 0 atom stereocenters. The van der Waals surface area contributed by atoms with E-state index in [1.54, 1.807) is 56.0 Å². The summed E-state index contributed by atoms with van der Waals surface area (Å²) in [6.07, 6.45) is -0.0172. The molecule has 0 fully saturated rings. The fourth-order valence-corrected chi connectivity index (χ4v) is 6.13. The molecule has 0 bridgehead atoms. The van der Waals surface area contributed by atoms with Gasteiger partial charge in [0.15, 0.2) is 0 Å². The maximum atomic E-state index is 13.9. The van der Waals surface area contributed by atoms with Gasteiger partial charge in [-0.25, -0.2) is 14.0 Å². The quantitative estimate of drug-likeness (QED) is 0.255. The average molecular weight is 600 g/mol. The molecule has 1 aliphatic heterocycles. The lowest BCUT2D eigenvalue weighted by Gasteiger charge is -2.30. The fourth-order valence-electron chi connectivity index (χ4n) is 4.11. The van der Waals surface area contributed by atoms with Crippen LogP contribution in [0.15, 0.2) is 53.4 Å². The third kappa shape index (κ3) is 7.65. The summed E-state index contributed by atoms with van der Waals surface area (Å²) in [7, 11) is 1.28. The number of esters is 1. The Labute approximate surface area is 245 Å². The minimum absolute atomic E-state index is 0.0257. The van der Waals surface area contributed by atoms with Gasteiger partial charge in [-0.3, -0.25) is 9.59 Å². The number of nitrogens with zero attached hydrogens (tertiary/aromatic N) is 1. The molecule has 2 N–H and O–H groups in total. The number of carbonyl (C=O) groups excluding carboxylic acids is 4. The lowest BCUT2D eigenvalue weighted by atomic mass is 10.0. The van der Waals surface area contributed by atoms with Crippen LogP contribution < -0.4 is 10.6 Å². The van der Waals surface area contributed by atoms with Crippen LogP contribution in [0, 0.1) is 5.82 Å². The van der Waals surface area contributed by atoms with E-state index in [4.69, 9.17) is 9.47 Å². The lowest BCUT2D eigenvalue weighted by molar-refractivity contribution is -0.113. The number of hydrogen-bond donors (Lipinski definition) is 2. The molecule has 0 radical (unpaired) electrons. The monoisotopic (exact) mass is 599 g/mol. The van der Waals surface area contributed by atoms with Gasteiger partial charge >= 0.3 is 12.1 Å². The smallest absolute Gasteiger partial charge is 0.410 e. The van der Waals surface area contributed by atoms with E-state index >= 15 is 0 Å². The van der Waals surface area contributed by atoms with Crippen LogP contribution in [-0.2, 0) is 27.2 Å². The zero-order chi connectivity index (χ0) is 29.7. The van der Waals surface area contributed by atoms with Crippen LogP contribution >= 0.6 is 23.1 Å². The van der Waals surface area contributed by atoms with Crippen molar-refractivity contribution in [3.8, 4) is 0 Å². The molecule has 2 heterocycles. The maximum absolute atomic E-state index is 13.9. The van der Waals surface area contributed by atoms with Crippen molar-refractivity contribution < 1.29 is 33.0 Å². The van der Waals surface area contributed by atoms with E-state index < -0.39 is 29.4 Å². The van der Waals surface area contributed by atoms with Gasteiger partial charge in [0.1, 0.15) is 16.4 Å². The van der Waals surface area contributed by atoms with Gasteiger partial charge in [-0.1, -0.05) is 18.2 Å². The molecule has 3 amide bonds. The summed E-state index contributed by atoms with van der Waals surface area (Å²) in [5.74, 6) is -2.08. The molecule has 0 saturated carbocycles. The zero-order valence-corrected chi connectivity index (χ0v) is 24.7. The largest absolute Gasteiger partial charge is 0.465 e. The first-order valence-corrected chi connectivity index (χ1v) is 14.5. The molecule has 1 aromatic heterocycles. The van der Waals surface area contributed by atoms with E-state index in [1.807, 2.05) is 0 Å². The van der Waals surface area contributed by atoms with Crippen LogP contribution in [0.2, 0.25) is 0 Å². The number of hydrogen-bond acceptors (Lipinski definition) is 8. The van der Waals surface area contributed by atoms with Gasteiger partial charge in [-0.2, -0.15) is 0 Å². The fraction of sp³-hybridized carbons (Fsp3) is 0.310. The summed E-state index contributed by atoms with van der Waals surface area (Å²) in [5.41, 5.74) is 0.804. The molecular weight excluding hydrogens is 569 g/mol. The number of nitrogens with one attached hydrogen (secondary N) is 2. The number of ether oxygens (including phenoxy) is 2. The third-order valence-electron chi connectivity index (χ3n) is 5.93. The van der Waals surface area contributed by atoms with Crippen LogP contribution in [0.1, 0.15) is 51.9 Å². The van der Waals surface area contributed by atoms with Crippen molar-refractivity contribution in [1.29, 1.82) is 0 Å². The van der Waals surface area contributed by atoms with Crippen LogP contribution in [-0.4, -0.2) is 53.8 Å². The third-order valence-corrected chi connectivity index (χ3v) is 8.06. The van der Waals surface area contributed by atoms with Crippen molar-refractivity contribution in [3.05, 3.63) is 75.9 Å². The Bertz CT molecular complexity index is 1480. The second-order valence-corrected chi connectivity index (χ2v) is 12.3. The first-order valence-electron chi connectivity index (χ1n) is 12.7. The molecule has 0 saturated heterocycles. The summed E-state index contributed by atoms with van der Waals surface area (Å²) >= 11 is 2.47. The first-order chi connectivity index (χ1) is 19.4. The normalized spacial score (nSPS) is 12.8. The average Bonchev–Trinajstić information content (AvgIpc) is 3.27. The summed E-state index contributed by atoms with van der Waals surface area (Å²) in [6.45, 7) is 6.02. The second-order valence-electron chi connectivity index (χ2n) is 10.2. The molecule has 12 heteroatoms. The predicted octanol–water partition coefficient (Wildman–Crippen LogP) is 5.95. The first kappa shape index (κ1) is 30.1. The molecular formula is C29H30FN3O6S2. The van der Waals surface area contributed by atoms with Crippen molar-refractivity contribution in [2.45, 2.75) is 44.2 Å². The van der Waals surface area contributed by atoms with E-state index in [-0.39, 0.29) is 23.8 Å². The molecule has 0 unspecified atom stereocenters. The SMILES string of the molecule is COC(=O)c1c(NC(=O)CSc2cccc(NC(=O)c3ccccc3F)c2)sc2c1CCN(C(=O)OC(C)(C)C)C2. The number of thioether (sulfide) groups is 1. The molecule has 0 spiro atoms. The highest BCUT2D eigenvalue weighted by Crippen LogP contribution is 2.38. The van der Waals surface area contributed by atoms with Gasteiger partial charge in [-0.15, -0.1) is 23.1 Å². The van der Waals surface area contributed by atoms with E-state index in [0.717, 1.165) is 10.4 Å². The van der Waals surface area contributed by atoms with Crippen LogP contribution in [0.4, 0.5) is 19.9 Å². The number of amides is 3. The van der Waals surface area contributed by atoms with Gasteiger partial charge in [0.05, 0.1) is 30.5 Å². The molecule has 41 heavy (non-hydrogen) atoms. The summed E-state index contributed by atoms with van der Waals surface area (Å²) in [4.78, 5) is 53.6. The predicted molar refractivity (Wildman–Crippen MR) is 156 cm³/mol. The maximum Gasteiger partial charge on any atom is 0.410 e. The van der Waals surface area contributed by atoms with Gasteiger partial charge in [-0.05, 0) is 63.1 Å². The number of rotatable bonds is 7. The Hall–Kier alpha value is -3.90. The molecule has 1 aliphatic rings. The van der Waals surface area contributed by atoms with E-state index in [0.29, 0.717) is 34.1 Å². The molecule has 4 rings (SSSR count). The minimum atomic E-state index is -0.633. The van der Waals surface area contributed by atoms with Crippen molar-refractivity contribution >= 4 is 57.7 Å². The number of carbonyl (C=O) groups is 4. The standard InChI is InChI=1S/C29H30FN3O6S2/c1-29(2,3)39-28(37)33-13-12-20-22(15-33)41-26(24(20)27(36)38-4)32-23(34)16-40-18-9-7-8-17(14-18)31-25(35)19-10-5-6-11-21(19)30/h5-11,14H,12-13,15-16H2,1-4H3,(H,31,35)(H,32,34). The topological polar surface area (TPSA) is 114 Å². The van der Waals surface area contributed by atoms with Crippen molar-refractivity contribution in [3.63, 3.8) is 0 Å². The number of benzene rings is 2. The number of methoxy groups -OCH3 is 1. The van der Waals surface area contributed by atoms with Crippen LogP contribution in [0.25, 0.3) is 0 Å². The molecule has 216 valence electrons. The van der Waals surface area contributed by atoms with E-state index in [1.165, 1.54) is 48.4 Å². The summed E-state index contributed by atoms with van der Waals surface area (Å²) < 4.78 is 24.4. The van der Waals surface area contributed by atoms with E-state index in [2.05, 4.69) is 10.6 Å². The molecule has 2 aromatic carbocycles. The van der Waals surface area contributed by atoms with Gasteiger partial charge in [0, 0.05) is 22.0 Å². The Morgan fingerprint density at radius 2 is 1.83 bits per heavy atom. The van der Waals surface area contributed by atoms with E-state index in [9.17, 15) is 23.6 Å². The molecule has 0 aliphatic carbocycles. The zero-order valence-electron chi connectivity index (χ0n) is 23.0.